The third-order valence-electron chi connectivity index (χ3n) is 5.82. The van der Waals surface area contributed by atoms with Crippen molar-refractivity contribution in [1.29, 1.82) is 0 Å². The molecule has 0 atom stereocenters. The molecule has 1 aliphatic heterocycles. The lowest BCUT2D eigenvalue weighted by atomic mass is 10.0. The van der Waals surface area contributed by atoms with Gasteiger partial charge in [-0.15, -0.1) is 11.3 Å². The van der Waals surface area contributed by atoms with Crippen molar-refractivity contribution in [2.24, 2.45) is 5.73 Å². The van der Waals surface area contributed by atoms with E-state index < -0.39 is 5.91 Å². The number of thiazole rings is 1. The van der Waals surface area contributed by atoms with Crippen molar-refractivity contribution in [2.75, 3.05) is 18.8 Å². The van der Waals surface area contributed by atoms with Crippen LogP contribution in [-0.2, 0) is 6.54 Å². The molecule has 0 spiro atoms. The molecule has 0 bridgehead atoms. The van der Waals surface area contributed by atoms with Crippen LogP contribution >= 0.6 is 11.3 Å². The Kier molecular flexibility index (Phi) is 5.65. The standard InChI is InChI=1S/C24H24N6O2S/c1-14-7-8-16(21(26)31)12-18(14)22-28-23(32-29-22)19-20(25)27-24(33-19)17-6-4-5-15(11-17)13-30-9-2-3-10-30/h4-8,11-12H,2-3,9-10,13,25H2,1H3,(H2,26,31). The Bertz CT molecular complexity index is 1320. The smallest absolute Gasteiger partial charge is 0.272 e. The van der Waals surface area contributed by atoms with Crippen molar-refractivity contribution in [1.82, 2.24) is 20.0 Å². The largest absolute Gasteiger partial charge is 0.382 e. The Morgan fingerprint density at radius 2 is 1.97 bits per heavy atom. The predicted molar refractivity (Wildman–Crippen MR) is 128 cm³/mol. The van der Waals surface area contributed by atoms with Gasteiger partial charge < -0.3 is 16.0 Å². The number of aromatic nitrogens is 3. The number of carbonyl (C=O) groups is 1. The van der Waals surface area contributed by atoms with Crippen molar-refractivity contribution < 1.29 is 9.32 Å². The lowest BCUT2D eigenvalue weighted by Gasteiger charge is -2.14. The van der Waals surface area contributed by atoms with Gasteiger partial charge in [-0.2, -0.15) is 4.98 Å². The number of nitrogen functional groups attached to an aromatic ring is 1. The number of hydrogen-bond donors (Lipinski definition) is 2. The van der Waals surface area contributed by atoms with Gasteiger partial charge in [0, 0.05) is 23.2 Å². The average molecular weight is 461 g/mol. The molecule has 1 aliphatic rings. The number of likely N-dealkylation sites (tertiary alicyclic amines) is 1. The molecule has 9 heteroatoms. The summed E-state index contributed by atoms with van der Waals surface area (Å²) >= 11 is 1.42. The number of primary amides is 1. The van der Waals surface area contributed by atoms with Crippen LogP contribution in [0.15, 0.2) is 47.0 Å². The maximum Gasteiger partial charge on any atom is 0.272 e. The summed E-state index contributed by atoms with van der Waals surface area (Å²) in [6.07, 6.45) is 2.54. The second kappa shape index (κ2) is 8.76. The van der Waals surface area contributed by atoms with E-state index in [1.54, 1.807) is 18.2 Å². The Morgan fingerprint density at radius 3 is 2.76 bits per heavy atom. The quantitative estimate of drug-likeness (QED) is 0.444. The summed E-state index contributed by atoms with van der Waals surface area (Å²) in [5, 5.41) is 4.90. The minimum absolute atomic E-state index is 0.295. The van der Waals surface area contributed by atoms with Gasteiger partial charge in [0.05, 0.1) is 0 Å². The monoisotopic (exact) mass is 460 g/mol. The fourth-order valence-electron chi connectivity index (χ4n) is 4.05. The molecule has 0 aliphatic carbocycles. The number of anilines is 1. The first-order valence-corrected chi connectivity index (χ1v) is 11.6. The zero-order chi connectivity index (χ0) is 22.9. The molecule has 8 nitrogen and oxygen atoms in total. The van der Waals surface area contributed by atoms with Gasteiger partial charge in [0.15, 0.2) is 0 Å². The lowest BCUT2D eigenvalue weighted by molar-refractivity contribution is 0.100. The molecule has 0 saturated carbocycles. The van der Waals surface area contributed by atoms with Gasteiger partial charge in [0.2, 0.25) is 11.7 Å². The molecule has 3 heterocycles. The van der Waals surface area contributed by atoms with Crippen LogP contribution in [0.2, 0.25) is 0 Å². The van der Waals surface area contributed by atoms with E-state index in [4.69, 9.17) is 16.0 Å². The van der Waals surface area contributed by atoms with E-state index in [0.29, 0.717) is 33.5 Å². The highest BCUT2D eigenvalue weighted by molar-refractivity contribution is 7.18. The first kappa shape index (κ1) is 21.3. The van der Waals surface area contributed by atoms with Crippen molar-refractivity contribution >= 4 is 23.1 Å². The van der Waals surface area contributed by atoms with E-state index in [2.05, 4.69) is 38.2 Å². The molecule has 1 amide bonds. The van der Waals surface area contributed by atoms with Crippen molar-refractivity contribution in [3.05, 3.63) is 59.2 Å². The minimum Gasteiger partial charge on any atom is -0.382 e. The normalized spacial score (nSPS) is 14.1. The third-order valence-corrected chi connectivity index (χ3v) is 6.92. The first-order valence-electron chi connectivity index (χ1n) is 10.8. The number of hydrogen-bond acceptors (Lipinski definition) is 8. The number of carbonyl (C=O) groups excluding carboxylic acids is 1. The van der Waals surface area contributed by atoms with E-state index in [-0.39, 0.29) is 0 Å². The fourth-order valence-corrected chi connectivity index (χ4v) is 4.95. The Hall–Kier alpha value is -3.56. The van der Waals surface area contributed by atoms with Crippen LogP contribution < -0.4 is 11.5 Å². The molecule has 1 fully saturated rings. The van der Waals surface area contributed by atoms with Crippen LogP contribution in [-0.4, -0.2) is 39.0 Å². The zero-order valence-corrected chi connectivity index (χ0v) is 19.1. The van der Waals surface area contributed by atoms with E-state index in [1.807, 2.05) is 13.0 Å². The van der Waals surface area contributed by atoms with Crippen LogP contribution in [0, 0.1) is 6.92 Å². The number of nitrogens with zero attached hydrogens (tertiary/aromatic N) is 4. The molecule has 168 valence electrons. The van der Waals surface area contributed by atoms with E-state index in [9.17, 15) is 4.79 Å². The highest BCUT2D eigenvalue weighted by atomic mass is 32.1. The van der Waals surface area contributed by atoms with Crippen molar-refractivity contribution in [3.63, 3.8) is 0 Å². The van der Waals surface area contributed by atoms with Crippen LogP contribution in [0.1, 0.15) is 34.3 Å². The summed E-state index contributed by atoms with van der Waals surface area (Å²) in [5.74, 6) is 0.497. The lowest BCUT2D eigenvalue weighted by Crippen LogP contribution is -2.18. The van der Waals surface area contributed by atoms with E-state index in [0.717, 1.165) is 35.8 Å². The number of rotatable bonds is 6. The summed E-state index contributed by atoms with van der Waals surface area (Å²) < 4.78 is 5.51. The Balaban J connectivity index is 1.43. The minimum atomic E-state index is -0.511. The van der Waals surface area contributed by atoms with Gasteiger partial charge >= 0.3 is 0 Å². The molecule has 0 radical (unpaired) electrons. The van der Waals surface area contributed by atoms with Crippen LogP contribution in [0.25, 0.3) is 32.7 Å². The molecule has 2 aromatic heterocycles. The molecule has 33 heavy (non-hydrogen) atoms. The third kappa shape index (κ3) is 4.37. The van der Waals surface area contributed by atoms with Crippen LogP contribution in [0.3, 0.4) is 0 Å². The maximum absolute atomic E-state index is 11.6. The number of aryl methyl sites for hydroxylation is 1. The van der Waals surface area contributed by atoms with Gasteiger partial charge in [-0.3, -0.25) is 9.69 Å². The van der Waals surface area contributed by atoms with Gasteiger partial charge in [-0.1, -0.05) is 29.4 Å². The summed E-state index contributed by atoms with van der Waals surface area (Å²) in [6, 6.07) is 13.5. The molecule has 1 saturated heterocycles. The first-order chi connectivity index (χ1) is 16.0. The predicted octanol–water partition coefficient (Wildman–Crippen LogP) is 4.11. The maximum atomic E-state index is 11.6. The van der Waals surface area contributed by atoms with Crippen LogP contribution in [0.5, 0.6) is 0 Å². The number of nitrogens with two attached hydrogens (primary N) is 2. The molecule has 4 aromatic rings. The molecular weight excluding hydrogens is 436 g/mol. The highest BCUT2D eigenvalue weighted by Crippen LogP contribution is 2.37. The molecule has 4 N–H and O–H groups in total. The zero-order valence-electron chi connectivity index (χ0n) is 18.2. The van der Waals surface area contributed by atoms with Crippen molar-refractivity contribution in [2.45, 2.75) is 26.3 Å². The topological polar surface area (TPSA) is 124 Å². The molecule has 2 aromatic carbocycles. The Morgan fingerprint density at radius 1 is 1.15 bits per heavy atom. The second-order valence-corrected chi connectivity index (χ2v) is 9.23. The van der Waals surface area contributed by atoms with Gasteiger partial charge in [-0.25, -0.2) is 4.98 Å². The SMILES string of the molecule is Cc1ccc(C(N)=O)cc1-c1noc(-c2sc(-c3cccc(CN4CCCC4)c3)nc2N)n1. The van der Waals surface area contributed by atoms with E-state index >= 15 is 0 Å². The highest BCUT2D eigenvalue weighted by Gasteiger charge is 2.20. The summed E-state index contributed by atoms with van der Waals surface area (Å²) in [4.78, 5) is 23.7. The summed E-state index contributed by atoms with van der Waals surface area (Å²) in [5.41, 5.74) is 15.9. The average Bonchev–Trinajstić information content (AvgIpc) is 3.55. The summed E-state index contributed by atoms with van der Waals surface area (Å²) in [7, 11) is 0. The van der Waals surface area contributed by atoms with E-state index in [1.165, 1.54) is 29.7 Å². The second-order valence-electron chi connectivity index (χ2n) is 8.23. The number of amides is 1. The Labute approximate surface area is 195 Å². The molecular formula is C24H24N6O2S. The molecule has 5 rings (SSSR count). The van der Waals surface area contributed by atoms with Gasteiger partial charge in [0.1, 0.15) is 15.7 Å². The van der Waals surface area contributed by atoms with Crippen LogP contribution in [0.4, 0.5) is 5.82 Å². The fraction of sp³-hybridized carbons (Fsp3) is 0.250. The summed E-state index contributed by atoms with van der Waals surface area (Å²) in [6.45, 7) is 5.16. The van der Waals surface area contributed by atoms with Gasteiger partial charge in [0.25, 0.3) is 5.89 Å². The molecule has 0 unspecified atom stereocenters. The van der Waals surface area contributed by atoms with Gasteiger partial charge in [-0.05, 0) is 62.2 Å². The van der Waals surface area contributed by atoms with Crippen molar-refractivity contribution in [3.8, 4) is 32.7 Å². The number of benzene rings is 2.